The van der Waals surface area contributed by atoms with Crippen LogP contribution in [0.4, 0.5) is 0 Å². The zero-order chi connectivity index (χ0) is 13.5. The van der Waals surface area contributed by atoms with E-state index in [4.69, 9.17) is 9.84 Å². The van der Waals surface area contributed by atoms with E-state index in [1.165, 1.54) is 5.56 Å². The van der Waals surface area contributed by atoms with Gasteiger partial charge in [-0.2, -0.15) is 0 Å². The minimum atomic E-state index is -0.853. The summed E-state index contributed by atoms with van der Waals surface area (Å²) in [5, 5.41) is 8.92. The van der Waals surface area contributed by atoms with Crippen LogP contribution < -0.4 is 0 Å². The topological polar surface area (TPSA) is 49.8 Å². The van der Waals surface area contributed by atoms with E-state index in [9.17, 15) is 4.79 Å². The van der Waals surface area contributed by atoms with Gasteiger partial charge in [0.05, 0.1) is 6.61 Å². The second kappa shape index (κ2) is 7.26. The highest BCUT2D eigenvalue weighted by Crippen LogP contribution is 2.09. The van der Waals surface area contributed by atoms with Gasteiger partial charge in [-0.3, -0.25) is 4.90 Å². The molecular formula is C15H21NO3. The molecule has 0 radical (unpaired) electrons. The van der Waals surface area contributed by atoms with Crippen LogP contribution in [0, 0.1) is 0 Å². The molecule has 0 aliphatic carbocycles. The van der Waals surface area contributed by atoms with Gasteiger partial charge in [0.2, 0.25) is 0 Å². The van der Waals surface area contributed by atoms with Crippen LogP contribution in [0.1, 0.15) is 18.4 Å². The third-order valence-electron chi connectivity index (χ3n) is 3.46. The average Bonchev–Trinajstić information content (AvgIpc) is 2.45. The Hall–Kier alpha value is -1.39. The highest BCUT2D eigenvalue weighted by atomic mass is 16.5. The number of benzene rings is 1. The third-order valence-corrected chi connectivity index (χ3v) is 3.46. The summed E-state index contributed by atoms with van der Waals surface area (Å²) in [6, 6.07) is 10.5. The van der Waals surface area contributed by atoms with Crippen molar-refractivity contribution in [2.75, 3.05) is 26.2 Å². The summed E-state index contributed by atoms with van der Waals surface area (Å²) in [5.74, 6) is -0.853. The van der Waals surface area contributed by atoms with Gasteiger partial charge < -0.3 is 9.84 Å². The largest absolute Gasteiger partial charge is 0.479 e. The van der Waals surface area contributed by atoms with Crippen LogP contribution in [-0.2, 0) is 16.0 Å². The first-order chi connectivity index (χ1) is 9.25. The SMILES string of the molecule is O=C(O)C1CN(CCCCc2ccccc2)CCO1. The Labute approximate surface area is 114 Å². The fraction of sp³-hybridized carbons (Fsp3) is 0.533. The van der Waals surface area contributed by atoms with Crippen molar-refractivity contribution in [2.24, 2.45) is 0 Å². The normalized spacial score (nSPS) is 20.3. The molecule has 1 fully saturated rings. The molecule has 104 valence electrons. The van der Waals surface area contributed by atoms with Crippen molar-refractivity contribution in [3.8, 4) is 0 Å². The maximum atomic E-state index is 10.9. The highest BCUT2D eigenvalue weighted by molar-refractivity contribution is 5.72. The Balaban J connectivity index is 1.64. The summed E-state index contributed by atoms with van der Waals surface area (Å²) >= 11 is 0. The van der Waals surface area contributed by atoms with Gasteiger partial charge in [-0.1, -0.05) is 30.3 Å². The summed E-state index contributed by atoms with van der Waals surface area (Å²) in [7, 11) is 0. The maximum Gasteiger partial charge on any atom is 0.334 e. The minimum Gasteiger partial charge on any atom is -0.479 e. The molecule has 0 spiro atoms. The summed E-state index contributed by atoms with van der Waals surface area (Å²) in [6.07, 6.45) is 2.68. The molecule has 2 rings (SSSR count). The van der Waals surface area contributed by atoms with Crippen molar-refractivity contribution in [1.29, 1.82) is 0 Å². The van der Waals surface area contributed by atoms with Gasteiger partial charge in [0.25, 0.3) is 0 Å². The number of hydrogen-bond acceptors (Lipinski definition) is 3. The maximum absolute atomic E-state index is 10.9. The van der Waals surface area contributed by atoms with Crippen LogP contribution in [0.5, 0.6) is 0 Å². The highest BCUT2D eigenvalue weighted by Gasteiger charge is 2.25. The fourth-order valence-electron chi connectivity index (χ4n) is 2.36. The van der Waals surface area contributed by atoms with E-state index in [1.807, 2.05) is 6.07 Å². The zero-order valence-electron chi connectivity index (χ0n) is 11.1. The van der Waals surface area contributed by atoms with Crippen LogP contribution in [0.25, 0.3) is 0 Å². The Kier molecular flexibility index (Phi) is 5.36. The second-order valence-electron chi connectivity index (χ2n) is 4.94. The average molecular weight is 263 g/mol. The van der Waals surface area contributed by atoms with Gasteiger partial charge in [-0.15, -0.1) is 0 Å². The van der Waals surface area contributed by atoms with E-state index in [2.05, 4.69) is 29.2 Å². The quantitative estimate of drug-likeness (QED) is 0.795. The Bertz CT molecular complexity index is 394. The van der Waals surface area contributed by atoms with E-state index in [-0.39, 0.29) is 0 Å². The summed E-state index contributed by atoms with van der Waals surface area (Å²) in [4.78, 5) is 13.1. The van der Waals surface area contributed by atoms with Crippen LogP contribution >= 0.6 is 0 Å². The molecule has 1 aromatic carbocycles. The number of hydrogen-bond donors (Lipinski definition) is 1. The molecule has 0 saturated carbocycles. The first kappa shape index (κ1) is 14.0. The lowest BCUT2D eigenvalue weighted by molar-refractivity contribution is -0.156. The fourth-order valence-corrected chi connectivity index (χ4v) is 2.36. The van der Waals surface area contributed by atoms with Gasteiger partial charge in [0.15, 0.2) is 6.10 Å². The molecule has 4 heteroatoms. The molecule has 1 aromatic rings. The molecule has 1 N–H and O–H groups in total. The molecule has 19 heavy (non-hydrogen) atoms. The van der Waals surface area contributed by atoms with Crippen molar-refractivity contribution in [3.63, 3.8) is 0 Å². The number of carboxylic acid groups (broad SMARTS) is 1. The van der Waals surface area contributed by atoms with Crippen molar-refractivity contribution in [1.82, 2.24) is 4.90 Å². The van der Waals surface area contributed by atoms with Crippen LogP contribution in [0.15, 0.2) is 30.3 Å². The lowest BCUT2D eigenvalue weighted by Gasteiger charge is -2.30. The first-order valence-electron chi connectivity index (χ1n) is 6.86. The molecule has 0 bridgehead atoms. The lowest BCUT2D eigenvalue weighted by Crippen LogP contribution is -2.46. The van der Waals surface area contributed by atoms with E-state index in [0.717, 1.165) is 32.4 Å². The third kappa shape index (κ3) is 4.65. The van der Waals surface area contributed by atoms with Crippen molar-refractivity contribution in [2.45, 2.75) is 25.4 Å². The number of morpholine rings is 1. The molecule has 1 unspecified atom stereocenters. The summed E-state index contributed by atoms with van der Waals surface area (Å²) in [6.45, 7) is 2.84. The number of nitrogens with zero attached hydrogens (tertiary/aromatic N) is 1. The van der Waals surface area contributed by atoms with Crippen molar-refractivity contribution >= 4 is 5.97 Å². The van der Waals surface area contributed by atoms with Crippen LogP contribution in [0.3, 0.4) is 0 Å². The summed E-state index contributed by atoms with van der Waals surface area (Å²) in [5.41, 5.74) is 1.37. The monoisotopic (exact) mass is 263 g/mol. The Morgan fingerprint density at radius 2 is 2.11 bits per heavy atom. The van der Waals surface area contributed by atoms with Crippen LogP contribution in [-0.4, -0.2) is 48.3 Å². The molecule has 1 aliphatic heterocycles. The van der Waals surface area contributed by atoms with E-state index in [0.29, 0.717) is 13.2 Å². The summed E-state index contributed by atoms with van der Waals surface area (Å²) < 4.78 is 5.20. The number of ether oxygens (including phenoxy) is 1. The smallest absolute Gasteiger partial charge is 0.334 e. The predicted molar refractivity (Wildman–Crippen MR) is 73.2 cm³/mol. The number of aliphatic carboxylic acids is 1. The Morgan fingerprint density at radius 3 is 2.84 bits per heavy atom. The van der Waals surface area contributed by atoms with Gasteiger partial charge >= 0.3 is 5.97 Å². The first-order valence-corrected chi connectivity index (χ1v) is 6.86. The van der Waals surface area contributed by atoms with Crippen molar-refractivity contribution < 1.29 is 14.6 Å². The molecule has 1 aliphatic rings. The minimum absolute atomic E-state index is 0.515. The van der Waals surface area contributed by atoms with Crippen LogP contribution in [0.2, 0.25) is 0 Å². The van der Waals surface area contributed by atoms with Gasteiger partial charge in [0, 0.05) is 13.1 Å². The Morgan fingerprint density at radius 1 is 1.32 bits per heavy atom. The van der Waals surface area contributed by atoms with E-state index >= 15 is 0 Å². The van der Waals surface area contributed by atoms with E-state index < -0.39 is 12.1 Å². The number of carbonyl (C=O) groups is 1. The lowest BCUT2D eigenvalue weighted by atomic mass is 10.1. The molecule has 1 saturated heterocycles. The van der Waals surface area contributed by atoms with E-state index in [1.54, 1.807) is 0 Å². The van der Waals surface area contributed by atoms with Gasteiger partial charge in [-0.05, 0) is 31.4 Å². The molecule has 4 nitrogen and oxygen atoms in total. The molecule has 1 heterocycles. The number of aryl methyl sites for hydroxylation is 1. The number of rotatable bonds is 6. The molecule has 0 amide bonds. The molecule has 1 atom stereocenters. The number of unbranched alkanes of at least 4 members (excludes halogenated alkanes) is 1. The second-order valence-corrected chi connectivity index (χ2v) is 4.94. The predicted octanol–water partition coefficient (Wildman–Crippen LogP) is 1.79. The van der Waals surface area contributed by atoms with Gasteiger partial charge in [-0.25, -0.2) is 4.79 Å². The molecular weight excluding hydrogens is 242 g/mol. The van der Waals surface area contributed by atoms with Crippen molar-refractivity contribution in [3.05, 3.63) is 35.9 Å². The zero-order valence-corrected chi connectivity index (χ0v) is 11.1. The molecule has 0 aromatic heterocycles. The van der Waals surface area contributed by atoms with Gasteiger partial charge in [0.1, 0.15) is 0 Å². The standard InChI is InChI=1S/C15H21NO3/c17-15(18)14-12-16(10-11-19-14)9-5-4-8-13-6-2-1-3-7-13/h1-3,6-7,14H,4-5,8-12H2,(H,17,18). The number of carboxylic acids is 1.